The molecule has 1 aromatic carbocycles. The van der Waals surface area contributed by atoms with Gasteiger partial charge in [0, 0.05) is 26.1 Å². The van der Waals surface area contributed by atoms with Crippen LogP contribution in [0.1, 0.15) is 63.8 Å². The van der Waals surface area contributed by atoms with Gasteiger partial charge in [0.15, 0.2) is 5.67 Å². The Labute approximate surface area is 308 Å². The number of likely N-dealkylation sites (tertiary alicyclic amines) is 1. The van der Waals surface area contributed by atoms with Crippen molar-refractivity contribution in [2.24, 2.45) is 11.1 Å². The number of carbonyl (C=O) groups excluding carboxylic acids is 4. The second kappa shape index (κ2) is 19.0. The number of ether oxygens (including phenoxy) is 3. The molecule has 0 spiro atoms. The first-order valence-corrected chi connectivity index (χ1v) is 18.6. The molecular formula is C36H53FN6O8S. The number of benzene rings is 1. The van der Waals surface area contributed by atoms with Crippen LogP contribution in [0.15, 0.2) is 29.8 Å². The van der Waals surface area contributed by atoms with Gasteiger partial charge in [-0.05, 0) is 36.3 Å². The number of thiazole rings is 1. The Morgan fingerprint density at radius 1 is 1.04 bits per heavy atom. The standard InChI is InChI=1S/C36H53FN6O8S/c1-23-30(52-22-40-23)25-7-5-24(6-8-25)27(20-29(45)39-12-14-50-16-18-51-17-15-49-13-11-38)41-32(46)28-19-26(44)21-43(28)33(47)31(35(2,3)4)42-34(48)36(37)9-10-36/h5-8,22,26-28,31,44H,9-21,38H2,1-4H3,(H,39,45)(H,41,46)(H,42,48). The van der Waals surface area contributed by atoms with Crippen molar-refractivity contribution in [1.82, 2.24) is 25.8 Å². The van der Waals surface area contributed by atoms with Gasteiger partial charge in [0.25, 0.3) is 5.91 Å². The lowest BCUT2D eigenvalue weighted by Crippen LogP contribution is -2.59. The van der Waals surface area contributed by atoms with Gasteiger partial charge in [-0.15, -0.1) is 11.3 Å². The molecular weight excluding hydrogens is 695 g/mol. The highest BCUT2D eigenvalue weighted by atomic mass is 32.1. The van der Waals surface area contributed by atoms with Crippen LogP contribution < -0.4 is 21.7 Å². The summed E-state index contributed by atoms with van der Waals surface area (Å²) in [6.07, 6.45) is -0.971. The molecule has 52 heavy (non-hydrogen) atoms. The van der Waals surface area contributed by atoms with E-state index in [1.54, 1.807) is 26.3 Å². The monoisotopic (exact) mass is 748 g/mol. The molecule has 2 fully saturated rings. The number of nitrogens with zero attached hydrogens (tertiary/aromatic N) is 2. The molecule has 1 saturated heterocycles. The number of β-amino-alcohol motifs (C(OH)–C–C–N with tert-alkyl or cyclic N) is 1. The van der Waals surface area contributed by atoms with Gasteiger partial charge < -0.3 is 45.9 Å². The fourth-order valence-electron chi connectivity index (χ4n) is 5.83. The van der Waals surface area contributed by atoms with Crippen LogP contribution in [0.4, 0.5) is 4.39 Å². The van der Waals surface area contributed by atoms with Gasteiger partial charge in [0.05, 0.1) is 74.3 Å². The molecule has 4 unspecified atom stereocenters. The predicted molar refractivity (Wildman–Crippen MR) is 193 cm³/mol. The molecule has 4 amide bonds. The molecule has 16 heteroatoms. The van der Waals surface area contributed by atoms with Crippen molar-refractivity contribution in [2.45, 2.75) is 83.3 Å². The number of rotatable bonds is 20. The number of aryl methyl sites for hydroxylation is 1. The highest BCUT2D eigenvalue weighted by Gasteiger charge is 2.53. The number of nitrogens with one attached hydrogen (secondary N) is 3. The summed E-state index contributed by atoms with van der Waals surface area (Å²) in [5, 5.41) is 19.0. The number of hydrogen-bond donors (Lipinski definition) is 5. The Morgan fingerprint density at radius 2 is 1.67 bits per heavy atom. The van der Waals surface area contributed by atoms with Crippen molar-refractivity contribution in [3.05, 3.63) is 41.0 Å². The normalized spacial score (nSPS) is 19.2. The fraction of sp³-hybridized carbons (Fsp3) is 0.639. The van der Waals surface area contributed by atoms with E-state index < -0.39 is 53.0 Å². The lowest BCUT2D eigenvalue weighted by atomic mass is 9.85. The van der Waals surface area contributed by atoms with Gasteiger partial charge in [-0.25, -0.2) is 9.37 Å². The molecule has 0 bridgehead atoms. The molecule has 288 valence electrons. The Morgan fingerprint density at radius 3 is 2.25 bits per heavy atom. The van der Waals surface area contributed by atoms with Crippen LogP contribution >= 0.6 is 11.3 Å². The Bertz CT molecular complexity index is 1500. The molecule has 2 aromatic rings. The Balaban J connectivity index is 1.41. The molecule has 1 aromatic heterocycles. The number of alkyl halides is 1. The summed E-state index contributed by atoms with van der Waals surface area (Å²) in [4.78, 5) is 60.2. The van der Waals surface area contributed by atoms with Gasteiger partial charge in [-0.2, -0.15) is 0 Å². The minimum absolute atomic E-state index is 0.0419. The molecule has 4 rings (SSSR count). The highest BCUT2D eigenvalue weighted by Crippen LogP contribution is 2.40. The van der Waals surface area contributed by atoms with Crippen LogP contribution in [0.25, 0.3) is 10.4 Å². The minimum Gasteiger partial charge on any atom is -0.391 e. The van der Waals surface area contributed by atoms with E-state index in [4.69, 9.17) is 19.9 Å². The van der Waals surface area contributed by atoms with E-state index in [0.717, 1.165) is 16.1 Å². The third-order valence-corrected chi connectivity index (χ3v) is 9.93. The van der Waals surface area contributed by atoms with Gasteiger partial charge in [0.2, 0.25) is 17.7 Å². The number of nitrogens with two attached hydrogens (primary N) is 1. The average molecular weight is 749 g/mol. The van der Waals surface area contributed by atoms with E-state index in [9.17, 15) is 28.7 Å². The van der Waals surface area contributed by atoms with Gasteiger partial charge in [-0.3, -0.25) is 19.2 Å². The van der Waals surface area contributed by atoms with Gasteiger partial charge >= 0.3 is 0 Å². The Hall–Kier alpha value is -3.54. The molecule has 2 aliphatic rings. The zero-order valence-corrected chi connectivity index (χ0v) is 31.3. The van der Waals surface area contributed by atoms with Crippen molar-refractivity contribution < 1.29 is 42.9 Å². The maximum atomic E-state index is 14.6. The van der Waals surface area contributed by atoms with Crippen LogP contribution in [-0.4, -0.2) is 122 Å². The van der Waals surface area contributed by atoms with E-state index in [1.165, 1.54) is 16.2 Å². The number of carbonyl (C=O) groups is 4. The smallest absolute Gasteiger partial charge is 0.258 e. The molecule has 6 N–H and O–H groups in total. The first-order chi connectivity index (χ1) is 24.7. The third kappa shape index (κ3) is 11.7. The molecule has 14 nitrogen and oxygen atoms in total. The number of amides is 4. The highest BCUT2D eigenvalue weighted by molar-refractivity contribution is 7.13. The SMILES string of the molecule is Cc1ncsc1-c1ccc(C(CC(=O)NCCOCCOCCOCCN)NC(=O)C2CC(O)CN2C(=O)C(NC(=O)C2(F)CC2)C(C)(C)C)cc1. The molecule has 2 heterocycles. The molecule has 4 atom stereocenters. The van der Waals surface area contributed by atoms with E-state index in [0.29, 0.717) is 45.1 Å². The lowest BCUT2D eigenvalue weighted by molar-refractivity contribution is -0.145. The maximum Gasteiger partial charge on any atom is 0.258 e. The third-order valence-electron chi connectivity index (χ3n) is 8.95. The average Bonchev–Trinajstić information content (AvgIpc) is 3.51. The van der Waals surface area contributed by atoms with Crippen molar-refractivity contribution in [3.63, 3.8) is 0 Å². The zero-order valence-electron chi connectivity index (χ0n) is 30.5. The molecule has 1 aliphatic carbocycles. The van der Waals surface area contributed by atoms with Crippen LogP contribution in [-0.2, 0) is 33.4 Å². The second-order valence-corrected chi connectivity index (χ2v) is 15.1. The molecule has 0 radical (unpaired) electrons. The van der Waals surface area contributed by atoms with E-state index >= 15 is 0 Å². The van der Waals surface area contributed by atoms with Crippen LogP contribution in [0, 0.1) is 12.3 Å². The predicted octanol–water partition coefficient (Wildman–Crippen LogP) is 1.79. The first kappa shape index (κ1) is 41.2. The summed E-state index contributed by atoms with van der Waals surface area (Å²) in [5.41, 5.74) is 6.82. The summed E-state index contributed by atoms with van der Waals surface area (Å²) in [6.45, 7) is 10.0. The van der Waals surface area contributed by atoms with Crippen LogP contribution in [0.2, 0.25) is 0 Å². The topological polar surface area (TPSA) is 194 Å². The van der Waals surface area contributed by atoms with Crippen molar-refractivity contribution in [2.75, 3.05) is 59.3 Å². The summed E-state index contributed by atoms with van der Waals surface area (Å²) in [6, 6.07) is 4.46. The summed E-state index contributed by atoms with van der Waals surface area (Å²) in [5.74, 6) is -2.34. The summed E-state index contributed by atoms with van der Waals surface area (Å²) < 4.78 is 30.8. The van der Waals surface area contributed by atoms with Crippen LogP contribution in [0.3, 0.4) is 0 Å². The van der Waals surface area contributed by atoms with Gasteiger partial charge in [0.1, 0.15) is 12.1 Å². The van der Waals surface area contributed by atoms with Crippen molar-refractivity contribution >= 4 is 35.0 Å². The largest absolute Gasteiger partial charge is 0.391 e. The summed E-state index contributed by atoms with van der Waals surface area (Å²) in [7, 11) is 0. The second-order valence-electron chi connectivity index (χ2n) is 14.3. The number of hydrogen-bond acceptors (Lipinski definition) is 11. The molecule has 1 saturated carbocycles. The van der Waals surface area contributed by atoms with Crippen LogP contribution in [0.5, 0.6) is 0 Å². The maximum absolute atomic E-state index is 14.6. The number of aliphatic hydroxyl groups is 1. The zero-order chi connectivity index (χ0) is 37.9. The Kier molecular flexibility index (Phi) is 15.0. The van der Waals surface area contributed by atoms with Gasteiger partial charge in [-0.1, -0.05) is 45.0 Å². The number of halogens is 1. The van der Waals surface area contributed by atoms with E-state index in [-0.39, 0.29) is 51.3 Å². The first-order valence-electron chi connectivity index (χ1n) is 17.7. The summed E-state index contributed by atoms with van der Waals surface area (Å²) >= 11 is 1.51. The number of aromatic nitrogens is 1. The fourth-order valence-corrected chi connectivity index (χ4v) is 6.64. The number of aliphatic hydroxyl groups excluding tert-OH is 1. The van der Waals surface area contributed by atoms with E-state index in [1.807, 2.05) is 31.2 Å². The minimum atomic E-state index is -1.99. The van der Waals surface area contributed by atoms with Crippen molar-refractivity contribution in [3.8, 4) is 10.4 Å². The van der Waals surface area contributed by atoms with E-state index in [2.05, 4.69) is 20.9 Å². The molecule has 1 aliphatic heterocycles. The quantitative estimate of drug-likeness (QED) is 0.125. The lowest BCUT2D eigenvalue weighted by Gasteiger charge is -2.36. The van der Waals surface area contributed by atoms with Crippen molar-refractivity contribution in [1.29, 1.82) is 0 Å².